The second kappa shape index (κ2) is 9.66. The van der Waals surface area contributed by atoms with E-state index in [-0.39, 0.29) is 24.0 Å². The van der Waals surface area contributed by atoms with Crippen molar-refractivity contribution in [3.05, 3.63) is 59.7 Å². The van der Waals surface area contributed by atoms with E-state index in [0.717, 1.165) is 21.8 Å². The molecule has 0 atom stereocenters. The van der Waals surface area contributed by atoms with E-state index in [9.17, 15) is 9.59 Å². The van der Waals surface area contributed by atoms with Crippen molar-refractivity contribution in [2.24, 2.45) is 0 Å². The number of thioether (sulfide) groups is 1. The highest BCUT2D eigenvalue weighted by atomic mass is 79.9. The lowest BCUT2D eigenvalue weighted by atomic mass is 10.1. The summed E-state index contributed by atoms with van der Waals surface area (Å²) in [5.74, 6) is -0.101. The first-order chi connectivity index (χ1) is 14.3. The number of hydrogen-bond acceptors (Lipinski definition) is 6. The molecule has 1 heterocycles. The SMILES string of the molecule is CC(C)(C)OC(=O)Cn1c(SCc2cccc(C(=O)OCBr)c2)nc2ccccc21. The summed E-state index contributed by atoms with van der Waals surface area (Å²) in [7, 11) is 0. The zero-order chi connectivity index (χ0) is 21.7. The van der Waals surface area contributed by atoms with Gasteiger partial charge < -0.3 is 14.0 Å². The Bertz CT molecular complexity index is 1060. The quantitative estimate of drug-likeness (QED) is 0.258. The van der Waals surface area contributed by atoms with E-state index < -0.39 is 5.60 Å². The van der Waals surface area contributed by atoms with Crippen molar-refractivity contribution in [2.75, 3.05) is 5.52 Å². The van der Waals surface area contributed by atoms with E-state index >= 15 is 0 Å². The number of ether oxygens (including phenoxy) is 2. The molecule has 0 saturated carbocycles. The van der Waals surface area contributed by atoms with Gasteiger partial charge in [-0.15, -0.1) is 0 Å². The van der Waals surface area contributed by atoms with Crippen molar-refractivity contribution in [3.63, 3.8) is 0 Å². The van der Waals surface area contributed by atoms with Gasteiger partial charge in [0.15, 0.2) is 5.16 Å². The van der Waals surface area contributed by atoms with E-state index in [1.807, 2.05) is 61.7 Å². The molecule has 0 fully saturated rings. The largest absolute Gasteiger partial charge is 0.459 e. The van der Waals surface area contributed by atoms with Gasteiger partial charge in [0.2, 0.25) is 0 Å². The van der Waals surface area contributed by atoms with E-state index in [4.69, 9.17) is 9.47 Å². The highest BCUT2D eigenvalue weighted by molar-refractivity contribution is 9.09. The van der Waals surface area contributed by atoms with Gasteiger partial charge >= 0.3 is 11.9 Å². The van der Waals surface area contributed by atoms with Crippen molar-refractivity contribution in [1.82, 2.24) is 9.55 Å². The Balaban J connectivity index is 1.81. The van der Waals surface area contributed by atoms with Crippen molar-refractivity contribution in [1.29, 1.82) is 0 Å². The number of esters is 2. The summed E-state index contributed by atoms with van der Waals surface area (Å²) < 4.78 is 12.4. The number of alkyl halides is 1. The van der Waals surface area contributed by atoms with Crippen molar-refractivity contribution in [2.45, 2.75) is 43.8 Å². The first-order valence-electron chi connectivity index (χ1n) is 9.39. The number of aromatic nitrogens is 2. The molecule has 0 amide bonds. The fourth-order valence-electron chi connectivity index (χ4n) is 2.89. The molecule has 158 valence electrons. The Labute approximate surface area is 188 Å². The van der Waals surface area contributed by atoms with Crippen LogP contribution in [0.4, 0.5) is 0 Å². The summed E-state index contributed by atoms with van der Waals surface area (Å²) in [6.45, 7) is 5.62. The monoisotopic (exact) mass is 490 g/mol. The molecule has 8 heteroatoms. The minimum absolute atomic E-state index is 0.0811. The Morgan fingerprint density at radius 3 is 2.63 bits per heavy atom. The maximum atomic E-state index is 12.4. The van der Waals surface area contributed by atoms with Gasteiger partial charge in [-0.1, -0.05) is 36.0 Å². The van der Waals surface area contributed by atoms with Gasteiger partial charge in [0.05, 0.1) is 16.6 Å². The first-order valence-corrected chi connectivity index (χ1v) is 11.5. The summed E-state index contributed by atoms with van der Waals surface area (Å²) >= 11 is 4.60. The lowest BCUT2D eigenvalue weighted by Crippen LogP contribution is -2.26. The predicted molar refractivity (Wildman–Crippen MR) is 121 cm³/mol. The molecule has 0 spiro atoms. The topological polar surface area (TPSA) is 70.4 Å². The average Bonchev–Trinajstić information content (AvgIpc) is 3.03. The number of para-hydroxylation sites is 2. The van der Waals surface area contributed by atoms with Crippen LogP contribution in [0.1, 0.15) is 36.7 Å². The molecule has 0 aliphatic heterocycles. The molecule has 6 nitrogen and oxygen atoms in total. The van der Waals surface area contributed by atoms with Gasteiger partial charge in [-0.05, 0) is 66.5 Å². The molecule has 0 aliphatic carbocycles. The molecular weight excluding hydrogens is 468 g/mol. The number of halogens is 1. The summed E-state index contributed by atoms with van der Waals surface area (Å²) in [6.07, 6.45) is 0. The van der Waals surface area contributed by atoms with E-state index in [2.05, 4.69) is 20.9 Å². The van der Waals surface area contributed by atoms with Crippen molar-refractivity contribution in [3.8, 4) is 0 Å². The number of rotatable bonds is 7. The van der Waals surface area contributed by atoms with E-state index in [0.29, 0.717) is 11.3 Å². The van der Waals surface area contributed by atoms with Gasteiger partial charge in [0.25, 0.3) is 0 Å². The minimum atomic E-state index is -0.551. The molecule has 0 saturated heterocycles. The predicted octanol–water partition coefficient (Wildman–Crippen LogP) is 5.18. The van der Waals surface area contributed by atoms with E-state index in [1.54, 1.807) is 12.1 Å². The maximum Gasteiger partial charge on any atom is 0.338 e. The van der Waals surface area contributed by atoms with Gasteiger partial charge in [-0.25, -0.2) is 9.78 Å². The van der Waals surface area contributed by atoms with Crippen LogP contribution in [0.25, 0.3) is 11.0 Å². The second-order valence-electron chi connectivity index (χ2n) is 7.59. The Morgan fingerprint density at radius 1 is 1.13 bits per heavy atom. The number of carbonyl (C=O) groups excluding carboxylic acids is 2. The highest BCUT2D eigenvalue weighted by Gasteiger charge is 2.20. The molecular formula is C22H23BrN2O4S. The van der Waals surface area contributed by atoms with Crippen LogP contribution in [0.2, 0.25) is 0 Å². The van der Waals surface area contributed by atoms with Crippen LogP contribution in [0, 0.1) is 0 Å². The van der Waals surface area contributed by atoms with Crippen molar-refractivity contribution >= 4 is 50.7 Å². The smallest absolute Gasteiger partial charge is 0.338 e. The number of imidazole rings is 1. The van der Waals surface area contributed by atoms with Crippen LogP contribution in [0.15, 0.2) is 53.7 Å². The van der Waals surface area contributed by atoms with Crippen LogP contribution in [-0.4, -0.2) is 32.6 Å². The number of hydrogen-bond donors (Lipinski definition) is 0. The normalized spacial score (nSPS) is 11.5. The summed E-state index contributed by atoms with van der Waals surface area (Å²) in [5.41, 5.74) is 2.75. The molecule has 0 N–H and O–H groups in total. The lowest BCUT2D eigenvalue weighted by Gasteiger charge is -2.20. The number of benzene rings is 2. The molecule has 30 heavy (non-hydrogen) atoms. The van der Waals surface area contributed by atoms with Crippen LogP contribution >= 0.6 is 27.7 Å². The van der Waals surface area contributed by atoms with Gasteiger partial charge in [0.1, 0.15) is 17.7 Å². The van der Waals surface area contributed by atoms with Crippen molar-refractivity contribution < 1.29 is 19.1 Å². The lowest BCUT2D eigenvalue weighted by molar-refractivity contribution is -0.155. The Kier molecular flexibility index (Phi) is 7.20. The zero-order valence-corrected chi connectivity index (χ0v) is 19.5. The molecule has 2 aromatic carbocycles. The zero-order valence-electron chi connectivity index (χ0n) is 17.1. The number of fused-ring (bicyclic) bond motifs is 1. The Hall–Kier alpha value is -2.32. The van der Waals surface area contributed by atoms with Crippen LogP contribution in [0.3, 0.4) is 0 Å². The Morgan fingerprint density at radius 2 is 1.90 bits per heavy atom. The maximum absolute atomic E-state index is 12.4. The fourth-order valence-corrected chi connectivity index (χ4v) is 4.05. The molecule has 3 aromatic rings. The summed E-state index contributed by atoms with van der Waals surface area (Å²) in [6, 6.07) is 15.0. The standard InChI is InChI=1S/C22H23BrN2O4S/c1-22(2,3)29-19(26)12-25-18-10-5-4-9-17(18)24-21(25)30-13-15-7-6-8-16(11-15)20(27)28-14-23/h4-11H,12-14H2,1-3H3. The third-order valence-corrected chi connectivity index (χ3v) is 5.32. The number of carbonyl (C=O) groups is 2. The second-order valence-corrected chi connectivity index (χ2v) is 8.99. The van der Waals surface area contributed by atoms with Crippen LogP contribution in [-0.2, 0) is 26.6 Å². The first kappa shape index (κ1) is 22.4. The third-order valence-electron chi connectivity index (χ3n) is 4.04. The molecule has 0 unspecified atom stereocenters. The number of nitrogens with zero attached hydrogens (tertiary/aromatic N) is 2. The fraction of sp³-hybridized carbons (Fsp3) is 0.318. The molecule has 0 bridgehead atoms. The molecule has 1 aromatic heterocycles. The van der Waals surface area contributed by atoms with Crippen LogP contribution < -0.4 is 0 Å². The van der Waals surface area contributed by atoms with Gasteiger partial charge in [-0.2, -0.15) is 0 Å². The molecule has 3 rings (SSSR count). The van der Waals surface area contributed by atoms with E-state index in [1.165, 1.54) is 11.8 Å². The average molecular weight is 491 g/mol. The highest BCUT2D eigenvalue weighted by Crippen LogP contribution is 2.27. The van der Waals surface area contributed by atoms with Gasteiger partial charge in [0, 0.05) is 5.75 Å². The summed E-state index contributed by atoms with van der Waals surface area (Å²) in [5, 5.41) is 0.718. The molecule has 0 aliphatic rings. The summed E-state index contributed by atoms with van der Waals surface area (Å²) in [4.78, 5) is 29.1. The third kappa shape index (κ3) is 5.86. The van der Waals surface area contributed by atoms with Gasteiger partial charge in [-0.3, -0.25) is 4.79 Å². The minimum Gasteiger partial charge on any atom is -0.459 e. The van der Waals surface area contributed by atoms with Crippen LogP contribution in [0.5, 0.6) is 0 Å². The molecule has 0 radical (unpaired) electrons.